The fraction of sp³-hybridized carbons (Fsp3) is 0.421. The largest absolute Gasteiger partial charge is 0.444 e. The number of anilines is 1. The van der Waals surface area contributed by atoms with E-state index in [-0.39, 0.29) is 12.1 Å². The molecule has 2 rings (SSSR count). The summed E-state index contributed by atoms with van der Waals surface area (Å²) >= 11 is 1.74. The number of nitrogens with one attached hydrogen (secondary N) is 1. The van der Waals surface area contributed by atoms with Crippen molar-refractivity contribution in [1.82, 2.24) is 4.90 Å². The van der Waals surface area contributed by atoms with Crippen LogP contribution in [0.2, 0.25) is 0 Å². The van der Waals surface area contributed by atoms with Gasteiger partial charge in [0.1, 0.15) is 5.60 Å². The van der Waals surface area contributed by atoms with Crippen molar-refractivity contribution in [3.8, 4) is 0 Å². The first-order chi connectivity index (χ1) is 11.2. The third kappa shape index (κ3) is 5.57. The highest BCUT2D eigenvalue weighted by molar-refractivity contribution is 7.10. The Morgan fingerprint density at radius 1 is 1.29 bits per heavy atom. The molecule has 1 atom stereocenters. The minimum Gasteiger partial charge on any atom is -0.444 e. The number of hydrogen-bond acceptors (Lipinski definition) is 4. The van der Waals surface area contributed by atoms with Crippen LogP contribution >= 0.6 is 11.3 Å². The van der Waals surface area contributed by atoms with Crippen molar-refractivity contribution in [2.24, 2.45) is 0 Å². The zero-order valence-electron chi connectivity index (χ0n) is 15.0. The van der Waals surface area contributed by atoms with Crippen molar-refractivity contribution < 1.29 is 9.53 Å². The number of ether oxygens (including phenoxy) is 1. The number of nitrogens with zero attached hydrogens (tertiary/aromatic N) is 1. The Bertz CT molecular complexity index is 662. The lowest BCUT2D eigenvalue weighted by Crippen LogP contribution is -2.33. The molecule has 0 bridgehead atoms. The van der Waals surface area contributed by atoms with Crippen molar-refractivity contribution in [2.75, 3.05) is 12.4 Å². The molecule has 0 radical (unpaired) electrons. The van der Waals surface area contributed by atoms with Gasteiger partial charge in [-0.05, 0) is 56.8 Å². The normalized spacial score (nSPS) is 12.5. The van der Waals surface area contributed by atoms with Crippen molar-refractivity contribution in [3.63, 3.8) is 0 Å². The molecule has 2 aromatic rings. The smallest absolute Gasteiger partial charge is 0.410 e. The number of thiophene rings is 1. The lowest BCUT2D eigenvalue weighted by atomic mass is 10.1. The van der Waals surface area contributed by atoms with Gasteiger partial charge in [0.2, 0.25) is 0 Å². The number of benzene rings is 1. The van der Waals surface area contributed by atoms with E-state index in [1.807, 2.05) is 39.0 Å². The Hall–Kier alpha value is -2.01. The van der Waals surface area contributed by atoms with Crippen LogP contribution in [0.3, 0.4) is 0 Å². The van der Waals surface area contributed by atoms with Gasteiger partial charge in [-0.1, -0.05) is 18.2 Å². The highest BCUT2D eigenvalue weighted by Crippen LogP contribution is 2.24. The summed E-state index contributed by atoms with van der Waals surface area (Å²) < 4.78 is 5.39. The second kappa shape index (κ2) is 7.71. The maximum absolute atomic E-state index is 12.1. The fourth-order valence-electron chi connectivity index (χ4n) is 2.30. The lowest BCUT2D eigenvalue weighted by molar-refractivity contribution is 0.0285. The number of carbonyl (C=O) groups excluding carboxylic acids is 1. The Morgan fingerprint density at radius 3 is 2.67 bits per heavy atom. The second-order valence-corrected chi connectivity index (χ2v) is 7.90. The molecule has 5 heteroatoms. The predicted octanol–water partition coefficient (Wildman–Crippen LogP) is 5.29. The van der Waals surface area contributed by atoms with Gasteiger partial charge in [0.25, 0.3) is 0 Å². The Balaban J connectivity index is 1.98. The molecule has 0 saturated heterocycles. The maximum atomic E-state index is 12.1. The molecular formula is C19H26N2O2S. The third-order valence-electron chi connectivity index (χ3n) is 3.41. The molecular weight excluding hydrogens is 320 g/mol. The van der Waals surface area contributed by atoms with Crippen LogP contribution < -0.4 is 5.32 Å². The lowest BCUT2D eigenvalue weighted by Gasteiger charge is -2.25. The molecule has 0 fully saturated rings. The van der Waals surface area contributed by atoms with Gasteiger partial charge >= 0.3 is 6.09 Å². The summed E-state index contributed by atoms with van der Waals surface area (Å²) in [5.74, 6) is 0. The molecule has 1 amide bonds. The molecule has 1 heterocycles. The van der Waals surface area contributed by atoms with E-state index in [1.54, 1.807) is 23.3 Å². The molecule has 0 aliphatic rings. The zero-order valence-corrected chi connectivity index (χ0v) is 15.8. The minimum atomic E-state index is -0.481. The number of amides is 1. The van der Waals surface area contributed by atoms with Gasteiger partial charge in [0.05, 0.1) is 6.04 Å². The van der Waals surface area contributed by atoms with Crippen LogP contribution in [-0.4, -0.2) is 23.6 Å². The van der Waals surface area contributed by atoms with E-state index in [9.17, 15) is 4.79 Å². The molecule has 1 unspecified atom stereocenters. The molecule has 1 aromatic heterocycles. The van der Waals surface area contributed by atoms with Crippen LogP contribution in [0.5, 0.6) is 0 Å². The summed E-state index contributed by atoms with van der Waals surface area (Å²) in [7, 11) is 1.75. The first kappa shape index (κ1) is 18.3. The summed E-state index contributed by atoms with van der Waals surface area (Å²) in [5, 5.41) is 5.58. The SMILES string of the molecule is CC(Nc1cccc(CN(C)C(=O)OC(C)(C)C)c1)c1cccs1. The maximum Gasteiger partial charge on any atom is 0.410 e. The van der Waals surface area contributed by atoms with Gasteiger partial charge in [-0.3, -0.25) is 0 Å². The van der Waals surface area contributed by atoms with Gasteiger partial charge in [-0.15, -0.1) is 11.3 Å². The third-order valence-corrected chi connectivity index (χ3v) is 4.46. The molecule has 1 aromatic carbocycles. The molecule has 24 heavy (non-hydrogen) atoms. The van der Waals surface area contributed by atoms with Crippen LogP contribution in [0.4, 0.5) is 10.5 Å². The van der Waals surface area contributed by atoms with Gasteiger partial charge in [-0.25, -0.2) is 4.79 Å². The first-order valence-electron chi connectivity index (χ1n) is 8.07. The number of carbonyl (C=O) groups is 1. The molecule has 0 saturated carbocycles. The molecule has 4 nitrogen and oxygen atoms in total. The highest BCUT2D eigenvalue weighted by atomic mass is 32.1. The minimum absolute atomic E-state index is 0.254. The topological polar surface area (TPSA) is 41.6 Å². The summed E-state index contributed by atoms with van der Waals surface area (Å²) in [6, 6.07) is 12.6. The van der Waals surface area contributed by atoms with Crippen LogP contribution in [0.1, 0.15) is 44.2 Å². The van der Waals surface area contributed by atoms with Crippen molar-refractivity contribution in [1.29, 1.82) is 0 Å². The fourth-order valence-corrected chi connectivity index (χ4v) is 3.03. The summed E-state index contributed by atoms with van der Waals surface area (Å²) in [5.41, 5.74) is 1.63. The average molecular weight is 346 g/mol. The molecule has 0 aliphatic heterocycles. The Labute approximate surface area is 148 Å². The summed E-state index contributed by atoms with van der Waals surface area (Å²) in [6.45, 7) is 8.27. The zero-order chi connectivity index (χ0) is 17.7. The predicted molar refractivity (Wildman–Crippen MR) is 100 cm³/mol. The van der Waals surface area contributed by atoms with E-state index in [1.165, 1.54) is 4.88 Å². The molecule has 130 valence electrons. The average Bonchev–Trinajstić information content (AvgIpc) is 3.00. The van der Waals surface area contributed by atoms with Gasteiger partial charge < -0.3 is 15.0 Å². The monoisotopic (exact) mass is 346 g/mol. The van der Waals surface area contributed by atoms with Crippen molar-refractivity contribution in [2.45, 2.75) is 45.9 Å². The van der Waals surface area contributed by atoms with E-state index in [2.05, 4.69) is 35.8 Å². The van der Waals surface area contributed by atoms with E-state index < -0.39 is 5.60 Å². The van der Waals surface area contributed by atoms with E-state index in [0.717, 1.165) is 11.3 Å². The highest BCUT2D eigenvalue weighted by Gasteiger charge is 2.19. The van der Waals surface area contributed by atoms with Crippen molar-refractivity contribution >= 4 is 23.1 Å². The van der Waals surface area contributed by atoms with E-state index >= 15 is 0 Å². The van der Waals surface area contributed by atoms with E-state index in [0.29, 0.717) is 6.54 Å². The number of hydrogen-bond donors (Lipinski definition) is 1. The Morgan fingerprint density at radius 2 is 2.04 bits per heavy atom. The Kier molecular flexibility index (Phi) is 5.89. The standard InChI is InChI=1S/C19H26N2O2S/c1-14(17-10-7-11-24-17)20-16-9-6-8-15(12-16)13-21(5)18(22)23-19(2,3)4/h6-12,14,20H,13H2,1-5H3. The number of rotatable bonds is 5. The molecule has 0 spiro atoms. The van der Waals surface area contributed by atoms with Gasteiger partial charge in [0.15, 0.2) is 0 Å². The van der Waals surface area contributed by atoms with Gasteiger partial charge in [-0.2, -0.15) is 0 Å². The quantitative estimate of drug-likeness (QED) is 0.800. The molecule has 0 aliphatic carbocycles. The van der Waals surface area contributed by atoms with Crippen molar-refractivity contribution in [3.05, 3.63) is 52.2 Å². The second-order valence-electron chi connectivity index (χ2n) is 6.92. The van der Waals surface area contributed by atoms with Crippen LogP contribution in [0.25, 0.3) is 0 Å². The first-order valence-corrected chi connectivity index (χ1v) is 8.95. The van der Waals surface area contributed by atoms with Crippen LogP contribution in [-0.2, 0) is 11.3 Å². The summed E-state index contributed by atoms with van der Waals surface area (Å²) in [6.07, 6.45) is -0.312. The van der Waals surface area contributed by atoms with Crippen LogP contribution in [0, 0.1) is 0 Å². The van der Waals surface area contributed by atoms with Crippen LogP contribution in [0.15, 0.2) is 41.8 Å². The van der Waals surface area contributed by atoms with E-state index in [4.69, 9.17) is 4.74 Å². The summed E-state index contributed by atoms with van der Waals surface area (Å²) in [4.78, 5) is 15.0. The molecule has 1 N–H and O–H groups in total. The van der Waals surface area contributed by atoms with Gasteiger partial charge in [0, 0.05) is 24.2 Å².